The molecule has 0 atom stereocenters. The molecule has 0 spiro atoms. The average Bonchev–Trinajstić information content (AvgIpc) is 2.61. The maximum Gasteiger partial charge on any atom is 0.168 e. The molecule has 2 aromatic carbocycles. The van der Waals surface area contributed by atoms with E-state index in [0.29, 0.717) is 6.73 Å². The third-order valence-corrected chi connectivity index (χ3v) is 3.96. The molecule has 1 aliphatic rings. The molecule has 0 saturated heterocycles. The number of benzene rings is 2. The minimum absolute atomic E-state index is 0.550. The van der Waals surface area contributed by atoms with Crippen molar-refractivity contribution in [2.45, 2.75) is 13.1 Å². The van der Waals surface area contributed by atoms with Crippen molar-refractivity contribution in [2.75, 3.05) is 28.1 Å². The number of ether oxygens (including phenoxy) is 4. The van der Waals surface area contributed by atoms with E-state index in [2.05, 4.69) is 17.0 Å². The summed E-state index contributed by atoms with van der Waals surface area (Å²) in [7, 11) is 4.97. The highest BCUT2D eigenvalue weighted by Crippen LogP contribution is 2.40. The lowest BCUT2D eigenvalue weighted by atomic mass is 10.1. The minimum Gasteiger partial charge on any atom is -0.497 e. The van der Waals surface area contributed by atoms with Crippen LogP contribution in [0.3, 0.4) is 0 Å². The van der Waals surface area contributed by atoms with Crippen LogP contribution in [0.4, 0.5) is 0 Å². The predicted octanol–water partition coefficient (Wildman–Crippen LogP) is 3.06. The summed E-state index contributed by atoms with van der Waals surface area (Å²) in [6, 6.07) is 11.9. The summed E-state index contributed by atoms with van der Waals surface area (Å²) in [5.74, 6) is 3.18. The van der Waals surface area contributed by atoms with Crippen LogP contribution in [-0.2, 0) is 13.1 Å². The molecule has 0 fully saturated rings. The fraction of sp³-hybridized carbons (Fsp3) is 0.333. The number of hydrogen-bond acceptors (Lipinski definition) is 5. The molecular formula is C18H21NO4. The topological polar surface area (TPSA) is 40.2 Å². The van der Waals surface area contributed by atoms with Crippen molar-refractivity contribution in [3.8, 4) is 23.0 Å². The second-order valence-corrected chi connectivity index (χ2v) is 5.39. The van der Waals surface area contributed by atoms with Crippen molar-refractivity contribution in [1.82, 2.24) is 4.90 Å². The number of nitrogens with zero attached hydrogens (tertiary/aromatic N) is 1. The number of rotatable bonds is 5. The highest BCUT2D eigenvalue weighted by atomic mass is 16.5. The molecule has 23 heavy (non-hydrogen) atoms. The zero-order valence-electron chi connectivity index (χ0n) is 13.7. The lowest BCUT2D eigenvalue weighted by molar-refractivity contribution is 0.0865. The maximum absolute atomic E-state index is 5.86. The smallest absolute Gasteiger partial charge is 0.168 e. The Bertz CT molecular complexity index is 669. The fourth-order valence-corrected chi connectivity index (χ4v) is 2.78. The molecule has 0 amide bonds. The first-order valence-electron chi connectivity index (χ1n) is 7.47. The molecule has 1 heterocycles. The Morgan fingerprint density at radius 2 is 1.74 bits per heavy atom. The maximum atomic E-state index is 5.86. The molecule has 1 aliphatic heterocycles. The SMILES string of the molecule is COc1ccc(CN2COc3ccc(OC)c(OC)c3C2)cc1. The molecule has 5 heteroatoms. The first kappa shape index (κ1) is 15.5. The standard InChI is InChI=1S/C18H21NO4/c1-20-14-6-4-13(5-7-14)10-19-11-15-16(23-12-19)8-9-17(21-2)18(15)22-3/h4-9H,10-12H2,1-3H3. The molecular weight excluding hydrogens is 294 g/mol. The minimum atomic E-state index is 0.550. The second kappa shape index (κ2) is 6.79. The van der Waals surface area contributed by atoms with Crippen LogP contribution in [0.1, 0.15) is 11.1 Å². The zero-order chi connectivity index (χ0) is 16.2. The number of methoxy groups -OCH3 is 3. The largest absolute Gasteiger partial charge is 0.497 e. The molecule has 0 unspecified atom stereocenters. The van der Waals surface area contributed by atoms with Crippen molar-refractivity contribution >= 4 is 0 Å². The van der Waals surface area contributed by atoms with Gasteiger partial charge >= 0.3 is 0 Å². The molecule has 0 N–H and O–H groups in total. The van der Waals surface area contributed by atoms with Crippen LogP contribution in [0.25, 0.3) is 0 Å². The lowest BCUT2D eigenvalue weighted by Crippen LogP contribution is -2.31. The summed E-state index contributed by atoms with van der Waals surface area (Å²) in [5, 5.41) is 0. The van der Waals surface area contributed by atoms with E-state index >= 15 is 0 Å². The van der Waals surface area contributed by atoms with Crippen LogP contribution in [0.2, 0.25) is 0 Å². The zero-order valence-corrected chi connectivity index (χ0v) is 13.7. The van der Waals surface area contributed by atoms with Gasteiger partial charge in [-0.15, -0.1) is 0 Å². The van der Waals surface area contributed by atoms with Crippen LogP contribution in [0.5, 0.6) is 23.0 Å². The summed E-state index contributed by atoms with van der Waals surface area (Å²) in [6.45, 7) is 2.10. The van der Waals surface area contributed by atoms with Gasteiger partial charge < -0.3 is 18.9 Å². The average molecular weight is 315 g/mol. The Morgan fingerprint density at radius 3 is 2.39 bits per heavy atom. The van der Waals surface area contributed by atoms with Crippen molar-refractivity contribution in [1.29, 1.82) is 0 Å². The third-order valence-electron chi connectivity index (χ3n) is 3.96. The number of hydrogen-bond donors (Lipinski definition) is 0. The number of fused-ring (bicyclic) bond motifs is 1. The molecule has 0 bridgehead atoms. The Kier molecular flexibility index (Phi) is 4.57. The monoisotopic (exact) mass is 315 g/mol. The van der Waals surface area contributed by atoms with Crippen LogP contribution in [0.15, 0.2) is 36.4 Å². The van der Waals surface area contributed by atoms with Gasteiger partial charge in [0.2, 0.25) is 0 Å². The molecule has 2 aromatic rings. The highest BCUT2D eigenvalue weighted by molar-refractivity contribution is 5.54. The van der Waals surface area contributed by atoms with E-state index in [4.69, 9.17) is 18.9 Å². The van der Waals surface area contributed by atoms with Gasteiger partial charge in [-0.05, 0) is 29.8 Å². The van der Waals surface area contributed by atoms with Gasteiger partial charge in [0.05, 0.1) is 26.9 Å². The van der Waals surface area contributed by atoms with Crippen LogP contribution < -0.4 is 18.9 Å². The normalized spacial score (nSPS) is 13.9. The first-order valence-corrected chi connectivity index (χ1v) is 7.47. The first-order chi connectivity index (χ1) is 11.2. The molecule has 0 aromatic heterocycles. The van der Waals surface area contributed by atoms with Crippen LogP contribution >= 0.6 is 0 Å². The Hall–Kier alpha value is -2.40. The van der Waals surface area contributed by atoms with E-state index in [0.717, 1.165) is 41.7 Å². The van der Waals surface area contributed by atoms with Crippen LogP contribution in [-0.4, -0.2) is 33.0 Å². The van der Waals surface area contributed by atoms with Gasteiger partial charge in [0, 0.05) is 13.1 Å². The van der Waals surface area contributed by atoms with Crippen molar-refractivity contribution in [3.63, 3.8) is 0 Å². The van der Waals surface area contributed by atoms with Gasteiger partial charge in [0.25, 0.3) is 0 Å². The molecule has 0 radical (unpaired) electrons. The predicted molar refractivity (Wildman–Crippen MR) is 87.3 cm³/mol. The van der Waals surface area contributed by atoms with Gasteiger partial charge in [0.1, 0.15) is 18.2 Å². The Labute approximate surface area is 136 Å². The molecule has 0 saturated carbocycles. The van der Waals surface area contributed by atoms with Crippen LogP contribution in [0, 0.1) is 0 Å². The molecule has 3 rings (SSSR count). The van der Waals surface area contributed by atoms with E-state index in [9.17, 15) is 0 Å². The summed E-state index contributed by atoms with van der Waals surface area (Å²) < 4.78 is 21.9. The summed E-state index contributed by atoms with van der Waals surface area (Å²) >= 11 is 0. The lowest BCUT2D eigenvalue weighted by Gasteiger charge is -2.30. The van der Waals surface area contributed by atoms with Crippen molar-refractivity contribution in [3.05, 3.63) is 47.5 Å². The Morgan fingerprint density at radius 1 is 0.957 bits per heavy atom. The summed E-state index contributed by atoms with van der Waals surface area (Å²) in [5.41, 5.74) is 2.23. The third kappa shape index (κ3) is 3.19. The van der Waals surface area contributed by atoms with Gasteiger partial charge in [0.15, 0.2) is 11.5 Å². The quantitative estimate of drug-likeness (QED) is 0.848. The Balaban J connectivity index is 1.78. The molecule has 0 aliphatic carbocycles. The van der Waals surface area contributed by atoms with Gasteiger partial charge in [-0.25, -0.2) is 0 Å². The summed E-state index contributed by atoms with van der Waals surface area (Å²) in [6.07, 6.45) is 0. The van der Waals surface area contributed by atoms with Gasteiger partial charge in [-0.1, -0.05) is 12.1 Å². The van der Waals surface area contributed by atoms with Gasteiger partial charge in [-0.3, -0.25) is 4.90 Å². The highest BCUT2D eigenvalue weighted by Gasteiger charge is 2.23. The van der Waals surface area contributed by atoms with E-state index < -0.39 is 0 Å². The molecule has 5 nitrogen and oxygen atoms in total. The fourth-order valence-electron chi connectivity index (χ4n) is 2.78. The van der Waals surface area contributed by atoms with E-state index in [1.54, 1.807) is 21.3 Å². The molecule has 122 valence electrons. The van der Waals surface area contributed by atoms with E-state index in [-0.39, 0.29) is 0 Å². The van der Waals surface area contributed by atoms with E-state index in [1.807, 2.05) is 24.3 Å². The van der Waals surface area contributed by atoms with Gasteiger partial charge in [-0.2, -0.15) is 0 Å². The second-order valence-electron chi connectivity index (χ2n) is 5.39. The van der Waals surface area contributed by atoms with Crippen molar-refractivity contribution in [2.24, 2.45) is 0 Å². The summed E-state index contributed by atoms with van der Waals surface area (Å²) in [4.78, 5) is 2.21. The van der Waals surface area contributed by atoms with Crippen molar-refractivity contribution < 1.29 is 18.9 Å². The van der Waals surface area contributed by atoms with E-state index in [1.165, 1.54) is 5.56 Å².